The van der Waals surface area contributed by atoms with Gasteiger partial charge in [0.2, 0.25) is 11.8 Å². The second-order valence-corrected chi connectivity index (χ2v) is 20.1. The third-order valence-electron chi connectivity index (χ3n) is 8.90. The Balaban J connectivity index is 1.35. The first kappa shape index (κ1) is 55.6. The zero-order chi connectivity index (χ0) is 48.4. The lowest BCUT2D eigenvalue weighted by Crippen LogP contribution is -2.46. The Morgan fingerprint density at radius 2 is 1.62 bits per heavy atom. The van der Waals surface area contributed by atoms with Crippen LogP contribution in [-0.4, -0.2) is 134 Å². The van der Waals surface area contributed by atoms with E-state index in [0.717, 1.165) is 41.8 Å². The van der Waals surface area contributed by atoms with Gasteiger partial charge in [-0.15, -0.1) is 0 Å². The number of unbranched alkanes of at least 4 members (excludes halogenated alkanes) is 2. The second-order valence-electron chi connectivity index (χ2n) is 14.7. The number of anilines is 1. The van der Waals surface area contributed by atoms with Gasteiger partial charge in [-0.3, -0.25) is 37.3 Å². The number of aromatic nitrogens is 4. The molecule has 3 heterocycles. The number of imidazole rings is 1. The van der Waals surface area contributed by atoms with Crippen molar-refractivity contribution in [3.8, 4) is 0 Å². The lowest BCUT2D eigenvalue weighted by Gasteiger charge is -2.30. The van der Waals surface area contributed by atoms with Crippen molar-refractivity contribution in [1.29, 1.82) is 0 Å². The number of carboxylic acid groups (broad SMARTS) is 1. The molecule has 1 saturated heterocycles. The lowest BCUT2D eigenvalue weighted by molar-refractivity contribution is -0.137. The van der Waals surface area contributed by atoms with Crippen LogP contribution in [0, 0.1) is 5.41 Å². The number of fused-ring (bicyclic) bond motifs is 1. The van der Waals surface area contributed by atoms with Gasteiger partial charge in [0.15, 0.2) is 22.8 Å². The molecule has 0 saturated carbocycles. The maximum absolute atomic E-state index is 12.7. The van der Waals surface area contributed by atoms with Gasteiger partial charge in [0, 0.05) is 43.5 Å². The summed E-state index contributed by atoms with van der Waals surface area (Å²) in [5, 5.41) is 35.0. The van der Waals surface area contributed by atoms with Gasteiger partial charge < -0.3 is 56.0 Å². The van der Waals surface area contributed by atoms with Crippen LogP contribution in [0.1, 0.15) is 65.0 Å². The molecule has 0 radical (unpaired) electrons. The number of aliphatic hydroxyl groups is 2. The normalized spacial score (nSPS) is 20.6. The van der Waals surface area contributed by atoms with Crippen LogP contribution < -0.4 is 16.4 Å². The SMILES string of the molecule is CC(C)(COP(=O)(O)OP(=O)(O)OCC1OC(n2cnc3c(N)ncnc32)C(O)C1OP(=O)(O)O)C(O)C(=O)NCCC(=O)NCCSC(=O)CCCC/C=C/C=C/C=C/CCC(=O)O. The number of ether oxygens (including phenoxy) is 1. The summed E-state index contributed by atoms with van der Waals surface area (Å²) in [6.45, 7) is 0.420. The molecule has 2 aromatic heterocycles. The van der Waals surface area contributed by atoms with Crippen molar-refractivity contribution in [2.45, 2.75) is 89.4 Å². The Morgan fingerprint density at radius 3 is 2.29 bits per heavy atom. The van der Waals surface area contributed by atoms with Gasteiger partial charge in [0.25, 0.3) is 0 Å². The van der Waals surface area contributed by atoms with E-state index in [0.29, 0.717) is 25.0 Å². The Kier molecular flexibility index (Phi) is 22.2. The number of phosphoric acid groups is 3. The van der Waals surface area contributed by atoms with Crippen LogP contribution in [0.25, 0.3) is 11.2 Å². The number of rotatable bonds is 29. The maximum Gasteiger partial charge on any atom is 0.481 e. The van der Waals surface area contributed by atoms with Crippen molar-refractivity contribution in [3.63, 3.8) is 0 Å². The number of thioether (sulfide) groups is 1. The molecule has 7 atom stereocenters. The highest BCUT2D eigenvalue weighted by atomic mass is 32.2. The molecule has 2 aromatic rings. The quantitative estimate of drug-likeness (QED) is 0.0315. The zero-order valence-corrected chi connectivity index (χ0v) is 38.6. The first-order valence-electron chi connectivity index (χ1n) is 19.7. The molecule has 30 heteroatoms. The topological polar surface area (TPSA) is 401 Å². The summed E-state index contributed by atoms with van der Waals surface area (Å²) in [5.41, 5.74) is 4.24. The summed E-state index contributed by atoms with van der Waals surface area (Å²) in [6.07, 6.45) is 7.22. The van der Waals surface area contributed by atoms with E-state index >= 15 is 0 Å². The van der Waals surface area contributed by atoms with Gasteiger partial charge in [-0.2, -0.15) is 4.31 Å². The molecule has 26 nitrogen and oxygen atoms in total. The highest BCUT2D eigenvalue weighted by molar-refractivity contribution is 8.13. The number of aliphatic carboxylic acids is 1. The van der Waals surface area contributed by atoms with Crippen molar-refractivity contribution in [3.05, 3.63) is 49.1 Å². The second kappa shape index (κ2) is 26.0. The number of carbonyl (C=O) groups excluding carboxylic acids is 3. The van der Waals surface area contributed by atoms with Crippen LogP contribution in [0.4, 0.5) is 5.82 Å². The largest absolute Gasteiger partial charge is 0.481 e. The van der Waals surface area contributed by atoms with Crippen LogP contribution in [0.5, 0.6) is 0 Å². The molecule has 3 rings (SSSR count). The summed E-state index contributed by atoms with van der Waals surface area (Å²) in [7, 11) is -16.4. The predicted molar refractivity (Wildman–Crippen MR) is 230 cm³/mol. The number of nitrogens with zero attached hydrogens (tertiary/aromatic N) is 4. The van der Waals surface area contributed by atoms with E-state index in [1.165, 1.54) is 13.8 Å². The average molecular weight is 1000 g/mol. The fourth-order valence-corrected chi connectivity index (χ4v) is 9.13. The van der Waals surface area contributed by atoms with Crippen molar-refractivity contribution in [1.82, 2.24) is 30.2 Å². The summed E-state index contributed by atoms with van der Waals surface area (Å²) in [4.78, 5) is 98.5. The van der Waals surface area contributed by atoms with Gasteiger partial charge in [0.1, 0.15) is 36.3 Å². The number of amides is 2. The molecular weight excluding hydrogens is 947 g/mol. The standard InChI is InChI=1S/C35H54N7O19P3S/c1-35(2,30(48)33(49)38-16-15-24(43)37-17-18-65-26(46)14-12-10-8-6-4-3-5-7-9-11-13-25(44)45)20-58-64(55,56)61-63(53,54)57-19-23-29(60-62(50,51)52)28(47)34(59-23)42-22-41-27-31(36)39-21-40-32(27)42/h3-7,9,21-23,28-30,34,47-48H,8,10-20H2,1-2H3,(H,37,43)(H,38,49)(H,44,45)(H,53,54)(H,55,56)(H2,36,39,40)(H2,50,51,52)/b5-3+,6-4+,9-7+. The molecule has 0 spiro atoms. The Labute approximate surface area is 376 Å². The van der Waals surface area contributed by atoms with E-state index in [1.54, 1.807) is 18.2 Å². The van der Waals surface area contributed by atoms with E-state index in [4.69, 9.17) is 24.6 Å². The summed E-state index contributed by atoms with van der Waals surface area (Å²) in [5.74, 6) is -2.00. The monoisotopic (exact) mass is 1000 g/mol. The molecule has 2 amide bonds. The van der Waals surface area contributed by atoms with E-state index in [2.05, 4.69) is 34.4 Å². The number of nitrogens with two attached hydrogens (primary N) is 1. The summed E-state index contributed by atoms with van der Waals surface area (Å²) in [6, 6.07) is 0. The van der Waals surface area contributed by atoms with Gasteiger partial charge in [-0.05, 0) is 25.7 Å². The minimum atomic E-state index is -5.59. The third-order valence-corrected chi connectivity index (χ3v) is 12.9. The van der Waals surface area contributed by atoms with Crippen LogP contribution >= 0.6 is 35.2 Å². The van der Waals surface area contributed by atoms with Crippen LogP contribution in [0.2, 0.25) is 0 Å². The number of hydrogen-bond donors (Lipinski definition) is 10. The Morgan fingerprint density at radius 1 is 0.938 bits per heavy atom. The number of allylic oxidation sites excluding steroid dienone is 6. The molecule has 0 aromatic carbocycles. The number of phosphoric ester groups is 3. The predicted octanol–water partition coefficient (Wildman–Crippen LogP) is 1.76. The minimum absolute atomic E-state index is 0.0217. The number of nitrogen functional groups attached to an aromatic ring is 1. The van der Waals surface area contributed by atoms with Gasteiger partial charge >= 0.3 is 29.4 Å². The maximum atomic E-state index is 12.7. The van der Waals surface area contributed by atoms with Gasteiger partial charge in [-0.25, -0.2) is 28.6 Å². The van der Waals surface area contributed by atoms with Crippen molar-refractivity contribution in [2.75, 3.05) is 37.8 Å². The van der Waals surface area contributed by atoms with E-state index in [1.807, 2.05) is 18.2 Å². The fourth-order valence-electron chi connectivity index (χ4n) is 5.58. The molecule has 0 aliphatic carbocycles. The highest BCUT2D eigenvalue weighted by Gasteiger charge is 2.50. The van der Waals surface area contributed by atoms with Crippen molar-refractivity contribution >= 4 is 75.1 Å². The first-order valence-corrected chi connectivity index (χ1v) is 25.2. The number of carboxylic acids is 1. The first-order chi connectivity index (χ1) is 30.4. The van der Waals surface area contributed by atoms with E-state index < -0.39 is 90.5 Å². The number of nitrogens with one attached hydrogen (secondary N) is 2. The molecule has 11 N–H and O–H groups in total. The molecule has 364 valence electrons. The summed E-state index contributed by atoms with van der Waals surface area (Å²) >= 11 is 1.08. The van der Waals surface area contributed by atoms with E-state index in [9.17, 15) is 62.7 Å². The molecule has 1 aliphatic heterocycles. The fraction of sp³-hybridized carbons (Fsp3) is 0.571. The highest BCUT2D eigenvalue weighted by Crippen LogP contribution is 2.61. The number of aliphatic hydroxyl groups excluding tert-OH is 2. The number of carbonyl (C=O) groups is 4. The number of hydrogen-bond acceptors (Lipinski definition) is 19. The van der Waals surface area contributed by atoms with Crippen molar-refractivity contribution < 1.29 is 90.4 Å². The lowest BCUT2D eigenvalue weighted by atomic mass is 9.87. The molecule has 1 fully saturated rings. The van der Waals surface area contributed by atoms with E-state index in [-0.39, 0.29) is 48.0 Å². The van der Waals surface area contributed by atoms with Crippen LogP contribution in [0.3, 0.4) is 0 Å². The van der Waals surface area contributed by atoms with Crippen LogP contribution in [0.15, 0.2) is 49.1 Å². The van der Waals surface area contributed by atoms with Gasteiger partial charge in [0.05, 0.1) is 19.5 Å². The molecular formula is C35H54N7O19P3S. The molecule has 7 unspecified atom stereocenters. The molecule has 65 heavy (non-hydrogen) atoms. The summed E-state index contributed by atoms with van der Waals surface area (Å²) < 4.78 is 62.3. The molecule has 1 aliphatic rings. The average Bonchev–Trinajstić information content (AvgIpc) is 3.77. The van der Waals surface area contributed by atoms with Crippen LogP contribution in [-0.2, 0) is 55.5 Å². The van der Waals surface area contributed by atoms with Crippen molar-refractivity contribution in [2.24, 2.45) is 5.41 Å². The molecule has 0 bridgehead atoms. The third kappa shape index (κ3) is 19.9. The minimum Gasteiger partial charge on any atom is -0.481 e. The zero-order valence-electron chi connectivity index (χ0n) is 35.1. The smallest absolute Gasteiger partial charge is 0.481 e. The van der Waals surface area contributed by atoms with Gasteiger partial charge in [-0.1, -0.05) is 62.1 Å². The Bertz CT molecular complexity index is 2170. The Hall–Kier alpha value is -3.75.